The Bertz CT molecular complexity index is 855. The zero-order valence-electron chi connectivity index (χ0n) is 16.1. The molecule has 2 amide bonds. The van der Waals surface area contributed by atoms with Crippen molar-refractivity contribution in [1.29, 1.82) is 0 Å². The number of β-lactam (4-membered cyclic amide) rings is 1. The van der Waals surface area contributed by atoms with Crippen molar-refractivity contribution in [2.75, 3.05) is 6.61 Å². The molecule has 3 heterocycles. The van der Waals surface area contributed by atoms with Gasteiger partial charge >= 0.3 is 5.97 Å². The fourth-order valence-electron chi connectivity index (χ4n) is 4.33. The van der Waals surface area contributed by atoms with Gasteiger partial charge in [-0.3, -0.25) is 9.59 Å². The van der Waals surface area contributed by atoms with Crippen molar-refractivity contribution in [1.82, 2.24) is 10.2 Å². The molecule has 8 heteroatoms. The summed E-state index contributed by atoms with van der Waals surface area (Å²) >= 11 is 1.42. The molecule has 0 aromatic heterocycles. The Hall–Kier alpha value is -2.06. The molecule has 0 aliphatic carbocycles. The lowest BCUT2D eigenvalue weighted by atomic mass is 9.95. The number of carbonyl (C=O) groups is 3. The standard InChI is InChI=1S/C20H24N2O5S/c1-10-6-7-11-5-4-8-27-14(12(11)9-10)16(23)21-13-17(24)22-15(19(25)26)20(2,3)28-18(13)22/h6-7,9,13-15,18H,4-5,8H2,1-3H3,(H,21,23)(H,25,26)/t13-,14-,15-,18-/m1/s1. The van der Waals surface area contributed by atoms with Crippen LogP contribution in [-0.2, 0) is 25.5 Å². The van der Waals surface area contributed by atoms with E-state index < -0.39 is 28.9 Å². The number of carbonyl (C=O) groups excluding carboxylic acids is 2. The van der Waals surface area contributed by atoms with Gasteiger partial charge in [-0.1, -0.05) is 23.8 Å². The molecule has 28 heavy (non-hydrogen) atoms. The van der Waals surface area contributed by atoms with Crippen molar-refractivity contribution < 1.29 is 24.2 Å². The molecule has 1 aromatic rings. The first-order chi connectivity index (χ1) is 13.2. The van der Waals surface area contributed by atoms with E-state index in [0.29, 0.717) is 6.61 Å². The Balaban J connectivity index is 1.54. The largest absolute Gasteiger partial charge is 0.480 e. The third-order valence-corrected chi connectivity index (χ3v) is 7.24. The first-order valence-corrected chi connectivity index (χ1v) is 10.3. The van der Waals surface area contributed by atoms with E-state index in [1.807, 2.05) is 39.0 Å². The maximum atomic E-state index is 13.0. The van der Waals surface area contributed by atoms with Crippen LogP contribution in [0.15, 0.2) is 18.2 Å². The van der Waals surface area contributed by atoms with Gasteiger partial charge in [0.1, 0.15) is 17.5 Å². The number of ether oxygens (including phenoxy) is 1. The minimum absolute atomic E-state index is 0.344. The summed E-state index contributed by atoms with van der Waals surface area (Å²) in [6.07, 6.45) is 0.930. The molecule has 3 aliphatic heterocycles. The lowest BCUT2D eigenvalue weighted by molar-refractivity contribution is -0.161. The minimum Gasteiger partial charge on any atom is -0.480 e. The predicted octanol–water partition coefficient (Wildman–Crippen LogP) is 1.63. The molecular weight excluding hydrogens is 380 g/mol. The highest BCUT2D eigenvalue weighted by Gasteiger charge is 2.64. The van der Waals surface area contributed by atoms with Gasteiger partial charge in [0.25, 0.3) is 5.91 Å². The van der Waals surface area contributed by atoms with Crippen LogP contribution < -0.4 is 5.32 Å². The molecule has 2 N–H and O–H groups in total. The van der Waals surface area contributed by atoms with E-state index in [1.54, 1.807) is 0 Å². The van der Waals surface area contributed by atoms with Crippen molar-refractivity contribution in [3.63, 3.8) is 0 Å². The lowest BCUT2D eigenvalue weighted by Gasteiger charge is -2.43. The fourth-order valence-corrected chi connectivity index (χ4v) is 5.96. The van der Waals surface area contributed by atoms with Crippen LogP contribution in [-0.4, -0.2) is 56.6 Å². The molecule has 3 aliphatic rings. The van der Waals surface area contributed by atoms with Crippen LogP contribution in [0.3, 0.4) is 0 Å². The van der Waals surface area contributed by atoms with Crippen molar-refractivity contribution in [3.8, 4) is 0 Å². The van der Waals surface area contributed by atoms with Gasteiger partial charge < -0.3 is 20.1 Å². The Morgan fingerprint density at radius 2 is 2.11 bits per heavy atom. The van der Waals surface area contributed by atoms with Gasteiger partial charge in [-0.15, -0.1) is 11.8 Å². The van der Waals surface area contributed by atoms with Gasteiger partial charge in [0, 0.05) is 11.4 Å². The summed E-state index contributed by atoms with van der Waals surface area (Å²) in [6, 6.07) is 4.41. The highest BCUT2D eigenvalue weighted by atomic mass is 32.2. The molecule has 2 fully saturated rings. The van der Waals surface area contributed by atoms with Crippen LogP contribution in [0.1, 0.15) is 43.1 Å². The molecule has 1 aromatic carbocycles. The van der Waals surface area contributed by atoms with Crippen LogP contribution in [0, 0.1) is 6.92 Å². The minimum atomic E-state index is -1.02. The second-order valence-electron chi connectivity index (χ2n) is 8.14. The average Bonchev–Trinajstić information content (AvgIpc) is 2.75. The summed E-state index contributed by atoms with van der Waals surface area (Å²) < 4.78 is 5.21. The maximum absolute atomic E-state index is 13.0. The molecule has 150 valence electrons. The van der Waals surface area contributed by atoms with Crippen LogP contribution in [0.2, 0.25) is 0 Å². The van der Waals surface area contributed by atoms with Gasteiger partial charge in [0.15, 0.2) is 6.10 Å². The molecule has 0 unspecified atom stereocenters. The monoisotopic (exact) mass is 404 g/mol. The normalized spacial score (nSPS) is 30.7. The Morgan fingerprint density at radius 1 is 1.36 bits per heavy atom. The lowest BCUT2D eigenvalue weighted by Crippen LogP contribution is -2.71. The Labute approximate surface area is 167 Å². The highest BCUT2D eigenvalue weighted by molar-refractivity contribution is 8.01. The number of fused-ring (bicyclic) bond motifs is 2. The number of rotatable bonds is 3. The number of nitrogens with one attached hydrogen (secondary N) is 1. The Morgan fingerprint density at radius 3 is 2.82 bits per heavy atom. The zero-order valence-corrected chi connectivity index (χ0v) is 16.9. The van der Waals surface area contributed by atoms with E-state index in [1.165, 1.54) is 16.7 Å². The maximum Gasteiger partial charge on any atom is 0.327 e. The van der Waals surface area contributed by atoms with Crippen LogP contribution in [0.4, 0.5) is 0 Å². The SMILES string of the molecule is Cc1ccc2c(c1)[C@H](C(=O)N[C@@H]1C(=O)N3[C@@H]1SC(C)(C)[C@H]3C(=O)O)OCCC2. The topological polar surface area (TPSA) is 95.9 Å². The number of nitrogens with zero attached hydrogens (tertiary/aromatic N) is 1. The molecule has 7 nitrogen and oxygen atoms in total. The summed E-state index contributed by atoms with van der Waals surface area (Å²) in [5.41, 5.74) is 2.99. The molecule has 0 radical (unpaired) electrons. The number of hydrogen-bond acceptors (Lipinski definition) is 5. The summed E-state index contributed by atoms with van der Waals surface area (Å²) in [6.45, 7) is 6.07. The molecule has 0 spiro atoms. The van der Waals surface area contributed by atoms with Crippen molar-refractivity contribution >= 4 is 29.5 Å². The Kier molecular flexibility index (Phi) is 4.66. The van der Waals surface area contributed by atoms with Gasteiger partial charge in [0.2, 0.25) is 5.91 Å². The van der Waals surface area contributed by atoms with Crippen LogP contribution in [0.5, 0.6) is 0 Å². The van der Waals surface area contributed by atoms with Crippen molar-refractivity contribution in [3.05, 3.63) is 34.9 Å². The highest BCUT2D eigenvalue weighted by Crippen LogP contribution is 2.50. The molecule has 2 saturated heterocycles. The van der Waals surface area contributed by atoms with Crippen molar-refractivity contribution in [2.24, 2.45) is 0 Å². The average molecular weight is 404 g/mol. The van der Waals surface area contributed by atoms with Gasteiger partial charge in [-0.05, 0) is 44.7 Å². The van der Waals surface area contributed by atoms with E-state index in [0.717, 1.165) is 29.5 Å². The second-order valence-corrected chi connectivity index (χ2v) is 9.91. The zero-order chi connectivity index (χ0) is 20.2. The quantitative estimate of drug-likeness (QED) is 0.744. The summed E-state index contributed by atoms with van der Waals surface area (Å²) in [4.78, 5) is 38.6. The summed E-state index contributed by atoms with van der Waals surface area (Å²) in [5.74, 6) is -1.71. The number of hydrogen-bond donors (Lipinski definition) is 2. The van der Waals surface area contributed by atoms with E-state index >= 15 is 0 Å². The summed E-state index contributed by atoms with van der Waals surface area (Å²) in [7, 11) is 0. The smallest absolute Gasteiger partial charge is 0.327 e. The van der Waals surface area contributed by atoms with E-state index in [4.69, 9.17) is 4.74 Å². The first kappa shape index (κ1) is 19.3. The van der Waals surface area contributed by atoms with E-state index in [2.05, 4.69) is 5.32 Å². The van der Waals surface area contributed by atoms with Gasteiger partial charge in [0.05, 0.1) is 0 Å². The number of benzene rings is 1. The molecular formula is C20H24N2O5S. The number of carboxylic acids is 1. The van der Waals surface area contributed by atoms with E-state index in [-0.39, 0.29) is 17.2 Å². The predicted molar refractivity (Wildman–Crippen MR) is 104 cm³/mol. The fraction of sp³-hybridized carbons (Fsp3) is 0.550. The van der Waals surface area contributed by atoms with Crippen molar-refractivity contribution in [2.45, 2.75) is 61.9 Å². The number of amides is 2. The number of thioether (sulfide) groups is 1. The molecule has 0 saturated carbocycles. The number of aliphatic carboxylic acids is 1. The molecule has 4 atom stereocenters. The van der Waals surface area contributed by atoms with Gasteiger partial charge in [-0.25, -0.2) is 4.79 Å². The second kappa shape index (κ2) is 6.77. The molecule has 0 bridgehead atoms. The van der Waals surface area contributed by atoms with E-state index in [9.17, 15) is 19.5 Å². The summed E-state index contributed by atoms with van der Waals surface area (Å²) in [5, 5.41) is 12.0. The van der Waals surface area contributed by atoms with Crippen LogP contribution >= 0.6 is 11.8 Å². The van der Waals surface area contributed by atoms with Crippen LogP contribution in [0.25, 0.3) is 0 Å². The molecule has 4 rings (SSSR count). The third kappa shape index (κ3) is 2.99. The third-order valence-electron chi connectivity index (χ3n) is 5.67. The number of carboxylic acid groups (broad SMARTS) is 1. The number of aryl methyl sites for hydroxylation is 2. The first-order valence-electron chi connectivity index (χ1n) is 9.45. The van der Waals surface area contributed by atoms with Gasteiger partial charge in [-0.2, -0.15) is 0 Å².